The molecule has 0 aliphatic heterocycles. The quantitative estimate of drug-likeness (QED) is 0.274. The van der Waals surface area contributed by atoms with E-state index in [9.17, 15) is 8.42 Å². The number of hydrogen-bond acceptors (Lipinski definition) is 6. The van der Waals surface area contributed by atoms with E-state index in [-0.39, 0.29) is 10.1 Å². The number of ether oxygens (including phenoxy) is 1. The predicted octanol–water partition coefficient (Wildman–Crippen LogP) is 1.86. The monoisotopic (exact) mass is 380 g/mol. The van der Waals surface area contributed by atoms with Gasteiger partial charge in [0, 0.05) is 0 Å². The van der Waals surface area contributed by atoms with Crippen LogP contribution in [0.5, 0.6) is 5.75 Å². The Hall–Kier alpha value is -2.95. The zero-order valence-electron chi connectivity index (χ0n) is 14.2. The average Bonchev–Trinajstić information content (AvgIpc) is 2.60. The van der Waals surface area contributed by atoms with Crippen LogP contribution in [0.25, 0.3) is 0 Å². The Balaban J connectivity index is 0.000000273. The van der Waals surface area contributed by atoms with E-state index in [0.717, 1.165) is 11.1 Å². The van der Waals surface area contributed by atoms with Crippen molar-refractivity contribution in [1.29, 1.82) is 5.41 Å². The first kappa shape index (κ1) is 21.1. The maximum atomic E-state index is 10.5. The maximum Gasteiger partial charge on any atom is 0.294 e. The van der Waals surface area contributed by atoms with E-state index >= 15 is 0 Å². The van der Waals surface area contributed by atoms with Crippen molar-refractivity contribution in [2.75, 3.05) is 7.11 Å². The van der Waals surface area contributed by atoms with Crippen molar-refractivity contribution < 1.29 is 22.9 Å². The van der Waals surface area contributed by atoms with Crippen LogP contribution in [0, 0.1) is 12.3 Å². The zero-order chi connectivity index (χ0) is 19.7. The number of nitrogens with one attached hydrogen (secondary N) is 1. The van der Waals surface area contributed by atoms with Gasteiger partial charge in [0.15, 0.2) is 0 Å². The third kappa shape index (κ3) is 7.30. The minimum atomic E-state index is -4.02. The predicted molar refractivity (Wildman–Crippen MR) is 97.1 cm³/mol. The van der Waals surface area contributed by atoms with E-state index < -0.39 is 16.1 Å². The molecule has 0 bridgehead atoms. The molecule has 26 heavy (non-hydrogen) atoms. The summed E-state index contributed by atoms with van der Waals surface area (Å²) in [7, 11) is -2.46. The minimum absolute atomic E-state index is 0.0666. The molecule has 0 unspecified atom stereocenters. The summed E-state index contributed by atoms with van der Waals surface area (Å²) in [4.78, 5) is -0.0666. The third-order valence-corrected chi connectivity index (χ3v) is 3.81. The number of benzene rings is 2. The molecule has 0 radical (unpaired) electrons. The molecule has 5 N–H and O–H groups in total. The van der Waals surface area contributed by atoms with Gasteiger partial charge >= 0.3 is 0 Å². The third-order valence-electron chi connectivity index (χ3n) is 2.94. The Morgan fingerprint density at radius 1 is 1.27 bits per heavy atom. The van der Waals surface area contributed by atoms with Crippen LogP contribution in [0.2, 0.25) is 0 Å². The maximum absolute atomic E-state index is 10.5. The molecule has 0 aliphatic rings. The first-order chi connectivity index (χ1) is 12.1. The summed E-state index contributed by atoms with van der Waals surface area (Å²) < 4.78 is 34.6. The van der Waals surface area contributed by atoms with Gasteiger partial charge in [-0.2, -0.15) is 13.5 Å². The molecule has 10 heteroatoms. The van der Waals surface area contributed by atoms with Gasteiger partial charge in [-0.1, -0.05) is 29.8 Å². The van der Waals surface area contributed by atoms with Crippen LogP contribution < -0.4 is 10.5 Å². The van der Waals surface area contributed by atoms with Crippen molar-refractivity contribution in [3.63, 3.8) is 0 Å². The molecular formula is C16H20N4O5S. The Bertz CT molecular complexity index is 866. The standard InChI is InChI=1S/C9H12N4O2.C7H8O3S/c1-15-8-4-2-3-7(5-8)6-12-13(14)9(10)11;1-6-2-4-7(5-3-6)11(8,9)10/h2-6,14H,1H3,(H3,10,11);2-5H,1H3,(H,8,9,10). The Kier molecular flexibility index (Phi) is 7.72. The summed E-state index contributed by atoms with van der Waals surface area (Å²) in [5, 5.41) is 19.6. The van der Waals surface area contributed by atoms with Crippen LogP contribution in [0.15, 0.2) is 58.5 Å². The van der Waals surface area contributed by atoms with Crippen molar-refractivity contribution in [3.8, 4) is 5.75 Å². The zero-order valence-corrected chi connectivity index (χ0v) is 15.0. The summed E-state index contributed by atoms with van der Waals surface area (Å²) in [6, 6.07) is 13.1. The van der Waals surface area contributed by atoms with Crippen molar-refractivity contribution in [3.05, 3.63) is 59.7 Å². The lowest BCUT2D eigenvalue weighted by atomic mass is 10.2. The molecule has 0 saturated carbocycles. The molecule has 0 amide bonds. The van der Waals surface area contributed by atoms with E-state index in [2.05, 4.69) is 5.10 Å². The normalized spacial score (nSPS) is 10.8. The Morgan fingerprint density at radius 3 is 2.38 bits per heavy atom. The van der Waals surface area contributed by atoms with Crippen molar-refractivity contribution in [2.45, 2.75) is 11.8 Å². The summed E-state index contributed by atoms with van der Waals surface area (Å²) in [5.74, 6) is 0.139. The fourth-order valence-electron chi connectivity index (χ4n) is 1.62. The van der Waals surface area contributed by atoms with Crippen LogP contribution >= 0.6 is 0 Å². The number of hydrazone groups is 1. The fraction of sp³-hybridized carbons (Fsp3) is 0.125. The highest BCUT2D eigenvalue weighted by Crippen LogP contribution is 2.11. The second-order valence-electron chi connectivity index (χ2n) is 4.98. The first-order valence-electron chi connectivity index (χ1n) is 7.18. The van der Waals surface area contributed by atoms with Crippen molar-refractivity contribution in [2.24, 2.45) is 10.8 Å². The van der Waals surface area contributed by atoms with Gasteiger partial charge in [0.05, 0.1) is 18.2 Å². The summed E-state index contributed by atoms with van der Waals surface area (Å²) in [5.41, 5.74) is 6.66. The first-order valence-corrected chi connectivity index (χ1v) is 8.62. The van der Waals surface area contributed by atoms with Gasteiger partial charge in [-0.05, 0) is 36.8 Å². The largest absolute Gasteiger partial charge is 0.497 e. The molecule has 0 fully saturated rings. The van der Waals surface area contributed by atoms with Crippen LogP contribution in [-0.2, 0) is 10.1 Å². The second kappa shape index (κ2) is 9.51. The lowest BCUT2D eigenvalue weighted by Gasteiger charge is -2.05. The molecule has 0 aromatic heterocycles. The van der Waals surface area contributed by atoms with Crippen LogP contribution in [0.3, 0.4) is 0 Å². The topological polar surface area (TPSA) is 149 Å². The van der Waals surface area contributed by atoms with Gasteiger partial charge in [0.25, 0.3) is 10.1 Å². The summed E-state index contributed by atoms with van der Waals surface area (Å²) in [6.45, 7) is 1.84. The lowest BCUT2D eigenvalue weighted by Crippen LogP contribution is -2.28. The molecule has 140 valence electrons. The highest BCUT2D eigenvalue weighted by molar-refractivity contribution is 7.85. The number of rotatable bonds is 4. The van der Waals surface area contributed by atoms with Gasteiger partial charge in [-0.3, -0.25) is 15.2 Å². The van der Waals surface area contributed by atoms with Crippen molar-refractivity contribution in [1.82, 2.24) is 5.17 Å². The molecule has 2 aromatic carbocycles. The van der Waals surface area contributed by atoms with Gasteiger partial charge in [0.2, 0.25) is 5.96 Å². The number of nitrogens with zero attached hydrogens (tertiary/aromatic N) is 2. The van der Waals surface area contributed by atoms with Gasteiger partial charge in [-0.15, -0.1) is 5.17 Å². The van der Waals surface area contributed by atoms with Crippen LogP contribution in [0.4, 0.5) is 0 Å². The van der Waals surface area contributed by atoms with E-state index in [1.165, 1.54) is 18.3 Å². The van der Waals surface area contributed by atoms with Crippen LogP contribution in [-0.4, -0.2) is 42.6 Å². The SMILES string of the molecule is COc1cccc(C=NN(O)C(=N)N)c1.Cc1ccc(S(=O)(=O)O)cc1. The molecule has 0 atom stereocenters. The van der Waals surface area contributed by atoms with E-state index in [0.29, 0.717) is 5.75 Å². The van der Waals surface area contributed by atoms with E-state index in [1.54, 1.807) is 43.5 Å². The number of aryl methyl sites for hydroxylation is 1. The van der Waals surface area contributed by atoms with Gasteiger partial charge in [0.1, 0.15) is 5.75 Å². The molecule has 2 rings (SSSR count). The number of hydrogen-bond donors (Lipinski definition) is 4. The Morgan fingerprint density at radius 2 is 1.88 bits per heavy atom. The second-order valence-corrected chi connectivity index (χ2v) is 6.41. The smallest absolute Gasteiger partial charge is 0.294 e. The highest BCUT2D eigenvalue weighted by atomic mass is 32.2. The summed E-state index contributed by atoms with van der Waals surface area (Å²) in [6.07, 6.45) is 1.36. The van der Waals surface area contributed by atoms with E-state index in [1.807, 2.05) is 6.92 Å². The highest BCUT2D eigenvalue weighted by Gasteiger charge is 2.06. The Labute approximate surface area is 151 Å². The van der Waals surface area contributed by atoms with Gasteiger partial charge < -0.3 is 10.5 Å². The number of guanidine groups is 1. The molecule has 2 aromatic rings. The number of hydroxylamine groups is 1. The molecule has 0 heterocycles. The van der Waals surface area contributed by atoms with Crippen molar-refractivity contribution >= 4 is 22.3 Å². The number of methoxy groups -OCH3 is 1. The van der Waals surface area contributed by atoms with E-state index in [4.69, 9.17) is 25.6 Å². The fourth-order valence-corrected chi connectivity index (χ4v) is 2.10. The molecular weight excluding hydrogens is 360 g/mol. The lowest BCUT2D eigenvalue weighted by molar-refractivity contribution is -0.0139. The van der Waals surface area contributed by atoms with Gasteiger partial charge in [-0.25, -0.2) is 0 Å². The molecule has 0 spiro atoms. The molecule has 0 saturated heterocycles. The number of nitrogens with two attached hydrogens (primary N) is 1. The molecule has 9 nitrogen and oxygen atoms in total. The summed E-state index contributed by atoms with van der Waals surface area (Å²) >= 11 is 0. The molecule has 0 aliphatic carbocycles. The average molecular weight is 380 g/mol. The van der Waals surface area contributed by atoms with Crippen LogP contribution in [0.1, 0.15) is 11.1 Å². The minimum Gasteiger partial charge on any atom is -0.497 e.